The first kappa shape index (κ1) is 10.9. The lowest BCUT2D eigenvalue weighted by Gasteiger charge is -2.10. The quantitative estimate of drug-likeness (QED) is 0.744. The van der Waals surface area contributed by atoms with Crippen molar-refractivity contribution in [2.45, 2.75) is 13.5 Å². The van der Waals surface area contributed by atoms with Crippen molar-refractivity contribution in [2.24, 2.45) is 5.73 Å². The fourth-order valence-electron chi connectivity index (χ4n) is 2.11. The van der Waals surface area contributed by atoms with Crippen molar-refractivity contribution >= 4 is 5.65 Å². The van der Waals surface area contributed by atoms with Crippen LogP contribution in [0.25, 0.3) is 16.9 Å². The molecule has 2 heterocycles. The SMILES string of the molecule is Cc1ccccc1-c1nn2ccnc2cc1CN. The highest BCUT2D eigenvalue weighted by Crippen LogP contribution is 2.25. The van der Waals surface area contributed by atoms with Crippen molar-refractivity contribution in [3.63, 3.8) is 0 Å². The molecule has 0 spiro atoms. The number of benzene rings is 1. The van der Waals surface area contributed by atoms with E-state index in [0.717, 1.165) is 22.5 Å². The molecular weight excluding hydrogens is 224 g/mol. The zero-order valence-electron chi connectivity index (χ0n) is 10.2. The fourth-order valence-corrected chi connectivity index (χ4v) is 2.11. The third-order valence-electron chi connectivity index (χ3n) is 3.08. The van der Waals surface area contributed by atoms with Gasteiger partial charge in [0.25, 0.3) is 0 Å². The Bertz CT molecular complexity index is 700. The Morgan fingerprint density at radius 3 is 2.89 bits per heavy atom. The molecule has 0 aliphatic carbocycles. The number of aryl methyl sites for hydroxylation is 1. The molecular formula is C14H14N4. The van der Waals surface area contributed by atoms with Crippen LogP contribution in [0, 0.1) is 6.92 Å². The molecule has 1 aromatic carbocycles. The van der Waals surface area contributed by atoms with E-state index in [0.29, 0.717) is 6.54 Å². The summed E-state index contributed by atoms with van der Waals surface area (Å²) in [6.45, 7) is 2.54. The van der Waals surface area contributed by atoms with Crippen LogP contribution in [0.5, 0.6) is 0 Å². The Kier molecular flexibility index (Phi) is 2.57. The molecule has 18 heavy (non-hydrogen) atoms. The first-order valence-electron chi connectivity index (χ1n) is 5.89. The molecule has 3 rings (SSSR count). The van der Waals surface area contributed by atoms with Crippen molar-refractivity contribution in [1.29, 1.82) is 0 Å². The second kappa shape index (κ2) is 4.23. The smallest absolute Gasteiger partial charge is 0.153 e. The second-order valence-corrected chi connectivity index (χ2v) is 4.27. The Morgan fingerprint density at radius 2 is 2.11 bits per heavy atom. The summed E-state index contributed by atoms with van der Waals surface area (Å²) in [4.78, 5) is 4.23. The molecule has 0 aliphatic heterocycles. The van der Waals surface area contributed by atoms with Crippen LogP contribution < -0.4 is 5.73 Å². The molecule has 0 radical (unpaired) electrons. The maximum Gasteiger partial charge on any atom is 0.153 e. The zero-order valence-corrected chi connectivity index (χ0v) is 10.2. The molecule has 0 saturated carbocycles. The fraction of sp³-hybridized carbons (Fsp3) is 0.143. The number of rotatable bonds is 2. The maximum atomic E-state index is 5.82. The van der Waals surface area contributed by atoms with Gasteiger partial charge in [-0.2, -0.15) is 5.10 Å². The molecule has 0 saturated heterocycles. The van der Waals surface area contributed by atoms with E-state index < -0.39 is 0 Å². The minimum atomic E-state index is 0.458. The van der Waals surface area contributed by atoms with E-state index in [1.807, 2.05) is 24.4 Å². The summed E-state index contributed by atoms with van der Waals surface area (Å²) in [6.07, 6.45) is 3.58. The standard InChI is InChI=1S/C14H14N4/c1-10-4-2-3-5-12(10)14-11(9-15)8-13-16-6-7-18(13)17-14/h2-8H,9,15H2,1H3. The average Bonchev–Trinajstić information content (AvgIpc) is 2.85. The lowest BCUT2D eigenvalue weighted by atomic mass is 10.0. The van der Waals surface area contributed by atoms with Gasteiger partial charge >= 0.3 is 0 Å². The van der Waals surface area contributed by atoms with E-state index in [4.69, 9.17) is 5.73 Å². The highest BCUT2D eigenvalue weighted by Gasteiger charge is 2.10. The largest absolute Gasteiger partial charge is 0.326 e. The van der Waals surface area contributed by atoms with E-state index in [9.17, 15) is 0 Å². The summed E-state index contributed by atoms with van der Waals surface area (Å²) in [5.41, 5.74) is 10.9. The van der Waals surface area contributed by atoms with Crippen LogP contribution in [0.15, 0.2) is 42.7 Å². The minimum Gasteiger partial charge on any atom is -0.326 e. The Hall–Kier alpha value is -2.20. The van der Waals surface area contributed by atoms with Crippen LogP contribution in [0.3, 0.4) is 0 Å². The summed E-state index contributed by atoms with van der Waals surface area (Å²) in [6, 6.07) is 10.2. The van der Waals surface area contributed by atoms with Gasteiger partial charge in [0.15, 0.2) is 5.65 Å². The van der Waals surface area contributed by atoms with Gasteiger partial charge in [0.05, 0.1) is 5.69 Å². The molecule has 4 heteroatoms. The molecule has 2 aromatic heterocycles. The highest BCUT2D eigenvalue weighted by atomic mass is 15.2. The lowest BCUT2D eigenvalue weighted by molar-refractivity contribution is 0.913. The number of nitrogens with two attached hydrogens (primary N) is 1. The van der Waals surface area contributed by atoms with Crippen molar-refractivity contribution < 1.29 is 0 Å². The van der Waals surface area contributed by atoms with E-state index in [1.54, 1.807) is 10.7 Å². The molecule has 90 valence electrons. The summed E-state index contributed by atoms with van der Waals surface area (Å²) >= 11 is 0. The van der Waals surface area contributed by atoms with Crippen LogP contribution in [0.1, 0.15) is 11.1 Å². The van der Waals surface area contributed by atoms with Crippen molar-refractivity contribution in [2.75, 3.05) is 0 Å². The first-order valence-corrected chi connectivity index (χ1v) is 5.89. The van der Waals surface area contributed by atoms with Gasteiger partial charge in [-0.25, -0.2) is 9.50 Å². The molecule has 0 fully saturated rings. The maximum absolute atomic E-state index is 5.82. The lowest BCUT2D eigenvalue weighted by Crippen LogP contribution is -2.05. The normalized spacial score (nSPS) is 11.0. The molecule has 3 aromatic rings. The van der Waals surface area contributed by atoms with Gasteiger partial charge in [0.2, 0.25) is 0 Å². The predicted molar refractivity (Wildman–Crippen MR) is 71.1 cm³/mol. The van der Waals surface area contributed by atoms with Crippen molar-refractivity contribution in [1.82, 2.24) is 14.6 Å². The summed E-state index contributed by atoms with van der Waals surface area (Å²) in [7, 11) is 0. The van der Waals surface area contributed by atoms with Gasteiger partial charge in [-0.1, -0.05) is 24.3 Å². The Labute approximate surface area is 105 Å². The summed E-state index contributed by atoms with van der Waals surface area (Å²) < 4.78 is 1.78. The molecule has 2 N–H and O–H groups in total. The second-order valence-electron chi connectivity index (χ2n) is 4.27. The Balaban J connectivity index is 2.30. The predicted octanol–water partition coefficient (Wildman–Crippen LogP) is 2.16. The third-order valence-corrected chi connectivity index (χ3v) is 3.08. The van der Waals surface area contributed by atoms with Crippen molar-refractivity contribution in [3.05, 3.63) is 53.9 Å². The van der Waals surface area contributed by atoms with Crippen LogP contribution in [-0.4, -0.2) is 14.6 Å². The van der Waals surface area contributed by atoms with E-state index >= 15 is 0 Å². The van der Waals surface area contributed by atoms with Gasteiger partial charge < -0.3 is 5.73 Å². The molecule has 0 unspecified atom stereocenters. The third kappa shape index (κ3) is 1.67. The first-order chi connectivity index (χ1) is 8.79. The average molecular weight is 238 g/mol. The molecule has 0 aliphatic rings. The number of aromatic nitrogens is 3. The zero-order chi connectivity index (χ0) is 12.5. The van der Waals surface area contributed by atoms with Gasteiger partial charge in [-0.05, 0) is 24.1 Å². The van der Waals surface area contributed by atoms with Gasteiger partial charge in [-0.15, -0.1) is 0 Å². The molecule has 0 atom stereocenters. The number of fused-ring (bicyclic) bond motifs is 1. The van der Waals surface area contributed by atoms with Crippen LogP contribution in [0.2, 0.25) is 0 Å². The Morgan fingerprint density at radius 1 is 1.28 bits per heavy atom. The number of hydrogen-bond acceptors (Lipinski definition) is 3. The van der Waals surface area contributed by atoms with E-state index in [2.05, 4.69) is 29.1 Å². The number of imidazole rings is 1. The van der Waals surface area contributed by atoms with Gasteiger partial charge in [0, 0.05) is 24.5 Å². The number of hydrogen-bond donors (Lipinski definition) is 1. The number of nitrogens with zero attached hydrogens (tertiary/aromatic N) is 3. The summed E-state index contributed by atoms with van der Waals surface area (Å²) in [5.74, 6) is 0. The molecule has 0 bridgehead atoms. The van der Waals surface area contributed by atoms with Crippen LogP contribution >= 0.6 is 0 Å². The van der Waals surface area contributed by atoms with Crippen LogP contribution in [-0.2, 0) is 6.54 Å². The monoisotopic (exact) mass is 238 g/mol. The highest BCUT2D eigenvalue weighted by molar-refractivity contribution is 5.67. The summed E-state index contributed by atoms with van der Waals surface area (Å²) in [5, 5.41) is 4.61. The molecule has 0 amide bonds. The topological polar surface area (TPSA) is 56.2 Å². The molecule has 4 nitrogen and oxygen atoms in total. The van der Waals surface area contributed by atoms with Gasteiger partial charge in [-0.3, -0.25) is 0 Å². The van der Waals surface area contributed by atoms with Gasteiger partial charge in [0.1, 0.15) is 0 Å². The minimum absolute atomic E-state index is 0.458. The van der Waals surface area contributed by atoms with Crippen molar-refractivity contribution in [3.8, 4) is 11.3 Å². The van der Waals surface area contributed by atoms with E-state index in [-0.39, 0.29) is 0 Å². The van der Waals surface area contributed by atoms with E-state index in [1.165, 1.54) is 5.56 Å². The van der Waals surface area contributed by atoms with Crippen LogP contribution in [0.4, 0.5) is 0 Å².